The van der Waals surface area contributed by atoms with E-state index in [9.17, 15) is 9.59 Å². The summed E-state index contributed by atoms with van der Waals surface area (Å²) in [6, 6.07) is 12.3. The van der Waals surface area contributed by atoms with Crippen LogP contribution >= 0.6 is 11.3 Å². The highest BCUT2D eigenvalue weighted by molar-refractivity contribution is 7.13. The molecule has 2 amide bonds. The average Bonchev–Trinajstić information content (AvgIpc) is 3.29. The highest BCUT2D eigenvalue weighted by Gasteiger charge is 2.42. The molecule has 0 unspecified atom stereocenters. The first-order valence-corrected chi connectivity index (χ1v) is 10.4. The van der Waals surface area contributed by atoms with Crippen LogP contribution in [0, 0.1) is 5.41 Å². The summed E-state index contributed by atoms with van der Waals surface area (Å²) in [6.45, 7) is 0.881. The molecule has 1 aliphatic heterocycles. The number of hydrogen-bond acceptors (Lipinski definition) is 5. The summed E-state index contributed by atoms with van der Waals surface area (Å²) in [5.41, 5.74) is 7.56. The van der Waals surface area contributed by atoms with Crippen molar-refractivity contribution in [1.29, 1.82) is 0 Å². The lowest BCUT2D eigenvalue weighted by Gasteiger charge is -2.40. The van der Waals surface area contributed by atoms with E-state index in [4.69, 9.17) is 5.73 Å². The number of thiophene rings is 1. The zero-order valence-electron chi connectivity index (χ0n) is 16.0. The van der Waals surface area contributed by atoms with Crippen molar-refractivity contribution < 1.29 is 9.59 Å². The first-order valence-electron chi connectivity index (χ1n) is 9.55. The molecule has 4 rings (SSSR count). The van der Waals surface area contributed by atoms with Gasteiger partial charge in [0, 0.05) is 30.4 Å². The monoisotopic (exact) mass is 406 g/mol. The molecule has 1 saturated heterocycles. The number of benzene rings is 1. The van der Waals surface area contributed by atoms with Gasteiger partial charge in [0.25, 0.3) is 5.91 Å². The second kappa shape index (κ2) is 8.13. The van der Waals surface area contributed by atoms with Crippen LogP contribution in [-0.2, 0) is 11.2 Å². The maximum atomic E-state index is 12.8. The molecule has 2 aromatic heterocycles. The summed E-state index contributed by atoms with van der Waals surface area (Å²) in [4.78, 5) is 36.3. The number of nitrogens with zero attached hydrogens (tertiary/aromatic N) is 3. The second-order valence-corrected chi connectivity index (χ2v) is 8.36. The van der Waals surface area contributed by atoms with Gasteiger partial charge in [-0.3, -0.25) is 14.6 Å². The molecule has 1 aliphatic rings. The van der Waals surface area contributed by atoms with Crippen molar-refractivity contribution in [2.45, 2.75) is 19.3 Å². The number of nitrogens with two attached hydrogens (primary N) is 1. The zero-order chi connectivity index (χ0) is 20.3. The van der Waals surface area contributed by atoms with Crippen LogP contribution in [-0.4, -0.2) is 39.8 Å². The van der Waals surface area contributed by atoms with Crippen molar-refractivity contribution >= 4 is 23.2 Å². The Morgan fingerprint density at radius 3 is 2.66 bits per heavy atom. The van der Waals surface area contributed by atoms with Gasteiger partial charge in [-0.2, -0.15) is 0 Å². The summed E-state index contributed by atoms with van der Waals surface area (Å²) in [5.74, 6) is -0.576. The van der Waals surface area contributed by atoms with Gasteiger partial charge in [-0.25, -0.2) is 4.98 Å². The summed E-state index contributed by atoms with van der Waals surface area (Å²) in [6.07, 6.45) is 6.37. The number of likely N-dealkylation sites (tertiary alicyclic amines) is 1. The van der Waals surface area contributed by atoms with E-state index in [-0.39, 0.29) is 17.5 Å². The van der Waals surface area contributed by atoms with Gasteiger partial charge < -0.3 is 10.6 Å². The van der Waals surface area contributed by atoms with Crippen molar-refractivity contribution in [1.82, 2.24) is 14.9 Å². The van der Waals surface area contributed by atoms with E-state index in [1.165, 1.54) is 23.5 Å². The number of primary amides is 1. The number of amides is 2. The third kappa shape index (κ3) is 4.05. The third-order valence-electron chi connectivity index (χ3n) is 5.47. The Balaban J connectivity index is 1.54. The summed E-state index contributed by atoms with van der Waals surface area (Å²) < 4.78 is 0. The Bertz CT molecular complexity index is 989. The Hall–Kier alpha value is -3.06. The van der Waals surface area contributed by atoms with Gasteiger partial charge in [-0.1, -0.05) is 30.3 Å². The zero-order valence-corrected chi connectivity index (χ0v) is 16.8. The van der Waals surface area contributed by atoms with Crippen LogP contribution in [0.15, 0.2) is 60.4 Å². The van der Waals surface area contributed by atoms with Gasteiger partial charge in [0.15, 0.2) is 0 Å². The van der Waals surface area contributed by atoms with E-state index in [1.807, 2.05) is 18.2 Å². The molecule has 6 nitrogen and oxygen atoms in total. The summed E-state index contributed by atoms with van der Waals surface area (Å²) in [7, 11) is 0. The highest BCUT2D eigenvalue weighted by Crippen LogP contribution is 2.35. The average molecular weight is 407 g/mol. The minimum Gasteiger partial charge on any atom is -0.369 e. The largest absolute Gasteiger partial charge is 0.369 e. The predicted molar refractivity (Wildman–Crippen MR) is 112 cm³/mol. The fourth-order valence-electron chi connectivity index (χ4n) is 3.93. The molecule has 29 heavy (non-hydrogen) atoms. The number of aromatic nitrogens is 2. The number of carbonyl (C=O) groups excluding carboxylic acids is 2. The van der Waals surface area contributed by atoms with Crippen molar-refractivity contribution in [3.05, 3.63) is 71.6 Å². The van der Waals surface area contributed by atoms with Crippen LogP contribution in [0.1, 0.15) is 28.9 Å². The Morgan fingerprint density at radius 2 is 2.00 bits per heavy atom. The van der Waals surface area contributed by atoms with Crippen LogP contribution in [0.25, 0.3) is 10.4 Å². The van der Waals surface area contributed by atoms with E-state index in [2.05, 4.69) is 33.5 Å². The van der Waals surface area contributed by atoms with Gasteiger partial charge in [0.05, 0.1) is 11.6 Å². The third-order valence-corrected chi connectivity index (χ3v) is 6.39. The molecule has 0 radical (unpaired) electrons. The first kappa shape index (κ1) is 19.3. The molecule has 0 spiro atoms. The standard InChI is InChI=1S/C22H22N4O2S/c23-21(28)22(13-16-4-6-17(7-5-16)19-3-1-12-29-19)8-2-11-26(15-22)20(27)18-14-24-9-10-25-18/h1,3-7,9-10,12,14H,2,8,11,13,15H2,(H2,23,28)/t22-/m1/s1. The fraction of sp³-hybridized carbons (Fsp3) is 0.273. The minimum atomic E-state index is -0.777. The number of carbonyl (C=O) groups is 2. The smallest absolute Gasteiger partial charge is 0.274 e. The maximum absolute atomic E-state index is 12.8. The lowest BCUT2D eigenvalue weighted by atomic mass is 9.74. The van der Waals surface area contributed by atoms with Crippen LogP contribution in [0.2, 0.25) is 0 Å². The molecule has 3 heterocycles. The summed E-state index contributed by atoms with van der Waals surface area (Å²) in [5, 5.41) is 2.05. The molecule has 3 aromatic rings. The molecular weight excluding hydrogens is 384 g/mol. The Morgan fingerprint density at radius 1 is 1.17 bits per heavy atom. The summed E-state index contributed by atoms with van der Waals surface area (Å²) >= 11 is 1.69. The Labute approximate surface area is 173 Å². The topological polar surface area (TPSA) is 89.2 Å². The normalized spacial score (nSPS) is 19.1. The van der Waals surface area contributed by atoms with Crippen LogP contribution in [0.5, 0.6) is 0 Å². The number of rotatable bonds is 5. The fourth-order valence-corrected chi connectivity index (χ4v) is 4.66. The molecule has 0 saturated carbocycles. The van der Waals surface area contributed by atoms with Crippen molar-refractivity contribution in [3.63, 3.8) is 0 Å². The maximum Gasteiger partial charge on any atom is 0.274 e. The molecule has 2 N–H and O–H groups in total. The molecular formula is C22H22N4O2S. The van der Waals surface area contributed by atoms with E-state index in [0.717, 1.165) is 17.5 Å². The van der Waals surface area contributed by atoms with Crippen molar-refractivity contribution in [3.8, 4) is 10.4 Å². The molecule has 1 fully saturated rings. The van der Waals surface area contributed by atoms with E-state index in [1.54, 1.807) is 16.2 Å². The van der Waals surface area contributed by atoms with Crippen LogP contribution in [0.3, 0.4) is 0 Å². The van der Waals surface area contributed by atoms with E-state index >= 15 is 0 Å². The highest BCUT2D eigenvalue weighted by atomic mass is 32.1. The van der Waals surface area contributed by atoms with Crippen molar-refractivity contribution in [2.24, 2.45) is 11.1 Å². The SMILES string of the molecule is NC(=O)[C@@]1(Cc2ccc(-c3cccs3)cc2)CCCN(C(=O)c2cnccn2)C1. The molecule has 148 valence electrons. The molecule has 1 atom stereocenters. The van der Waals surface area contributed by atoms with E-state index < -0.39 is 5.41 Å². The quantitative estimate of drug-likeness (QED) is 0.705. The van der Waals surface area contributed by atoms with Crippen molar-refractivity contribution in [2.75, 3.05) is 13.1 Å². The lowest BCUT2D eigenvalue weighted by molar-refractivity contribution is -0.130. The number of hydrogen-bond donors (Lipinski definition) is 1. The number of piperidine rings is 1. The second-order valence-electron chi connectivity index (χ2n) is 7.42. The molecule has 7 heteroatoms. The predicted octanol–water partition coefficient (Wildman–Crippen LogP) is 3.16. The van der Waals surface area contributed by atoms with Crippen LogP contribution < -0.4 is 5.73 Å². The van der Waals surface area contributed by atoms with Crippen LogP contribution in [0.4, 0.5) is 0 Å². The van der Waals surface area contributed by atoms with Gasteiger partial charge in [-0.15, -0.1) is 11.3 Å². The minimum absolute atomic E-state index is 0.212. The first-order chi connectivity index (χ1) is 14.1. The van der Waals surface area contributed by atoms with Gasteiger partial charge in [0.1, 0.15) is 5.69 Å². The van der Waals surface area contributed by atoms with E-state index in [0.29, 0.717) is 25.9 Å². The van der Waals surface area contributed by atoms with Gasteiger partial charge >= 0.3 is 0 Å². The molecule has 0 aliphatic carbocycles. The van der Waals surface area contributed by atoms with Gasteiger partial charge in [-0.05, 0) is 41.8 Å². The molecule has 0 bridgehead atoms. The Kier molecular flexibility index (Phi) is 5.40. The molecule has 1 aromatic carbocycles. The van der Waals surface area contributed by atoms with Gasteiger partial charge in [0.2, 0.25) is 5.91 Å². The lowest BCUT2D eigenvalue weighted by Crippen LogP contribution is -2.53.